The van der Waals surface area contributed by atoms with E-state index in [1.165, 1.54) is 5.56 Å². The number of carboxylic acids is 1. The Morgan fingerprint density at radius 3 is 2.35 bits per heavy atom. The van der Waals surface area contributed by atoms with Crippen LogP contribution in [0.3, 0.4) is 0 Å². The summed E-state index contributed by atoms with van der Waals surface area (Å²) in [6.07, 6.45) is 3.99. The van der Waals surface area contributed by atoms with Gasteiger partial charge in [0.15, 0.2) is 0 Å². The third-order valence-electron chi connectivity index (χ3n) is 7.57. The fraction of sp³-hybridized carbons (Fsp3) is 0.286. The van der Waals surface area contributed by atoms with E-state index >= 15 is 0 Å². The largest absolute Gasteiger partial charge is 0.478 e. The number of rotatable bonds is 6. The maximum Gasteiger partial charge on any atom is 0.335 e. The Kier molecular flexibility index (Phi) is 4.75. The van der Waals surface area contributed by atoms with Crippen molar-refractivity contribution in [1.82, 2.24) is 5.32 Å². The molecule has 2 aliphatic carbocycles. The van der Waals surface area contributed by atoms with Gasteiger partial charge in [-0.05, 0) is 72.7 Å². The fourth-order valence-electron chi connectivity index (χ4n) is 5.42. The van der Waals surface area contributed by atoms with Crippen molar-refractivity contribution in [2.45, 2.75) is 43.2 Å². The first kappa shape index (κ1) is 21.2. The number of nitrogens with one attached hydrogen (secondary N) is 1. The molecule has 2 N–H and O–H groups in total. The van der Waals surface area contributed by atoms with Gasteiger partial charge in [-0.3, -0.25) is 4.79 Å². The molecule has 6 rings (SSSR count). The number of carbonyl (C=O) groups is 2. The first-order valence-electron chi connectivity index (χ1n) is 11.7. The molecule has 1 amide bonds. The number of hydrogen-bond acceptors (Lipinski definition) is 3. The van der Waals surface area contributed by atoms with Crippen LogP contribution in [0, 0.1) is 0 Å². The number of amides is 1. The number of carboxylic acid groups (broad SMARTS) is 1. The Bertz CT molecular complexity index is 1310. The van der Waals surface area contributed by atoms with Crippen molar-refractivity contribution < 1.29 is 14.7 Å². The van der Waals surface area contributed by atoms with Crippen LogP contribution in [0.25, 0.3) is 0 Å². The molecule has 2 fully saturated rings. The zero-order valence-corrected chi connectivity index (χ0v) is 19.4. The van der Waals surface area contributed by atoms with Crippen molar-refractivity contribution in [2.24, 2.45) is 0 Å². The molecule has 1 aliphatic heterocycles. The highest BCUT2D eigenvalue weighted by Gasteiger charge is 2.53. The highest BCUT2D eigenvalue weighted by atomic mass is 35.5. The summed E-state index contributed by atoms with van der Waals surface area (Å²) >= 11 is 6.23. The Balaban J connectivity index is 1.30. The Morgan fingerprint density at radius 2 is 1.71 bits per heavy atom. The van der Waals surface area contributed by atoms with Crippen LogP contribution in [0.5, 0.6) is 0 Å². The molecule has 1 heterocycles. The molecule has 2 saturated carbocycles. The molecule has 172 valence electrons. The normalized spacial score (nSPS) is 18.4. The summed E-state index contributed by atoms with van der Waals surface area (Å²) in [6, 6.07) is 20.8. The molecular weight excluding hydrogens is 448 g/mol. The second-order valence-electron chi connectivity index (χ2n) is 9.89. The minimum absolute atomic E-state index is 0.0783. The van der Waals surface area contributed by atoms with Gasteiger partial charge in [0.25, 0.3) is 5.91 Å². The number of carbonyl (C=O) groups excluding carboxylic acids is 1. The lowest BCUT2D eigenvalue weighted by Gasteiger charge is -2.24. The summed E-state index contributed by atoms with van der Waals surface area (Å²) < 4.78 is 0. The number of benzene rings is 3. The predicted molar refractivity (Wildman–Crippen MR) is 132 cm³/mol. The van der Waals surface area contributed by atoms with E-state index in [1.54, 1.807) is 12.1 Å². The zero-order valence-electron chi connectivity index (χ0n) is 18.7. The number of halogens is 1. The van der Waals surface area contributed by atoms with Gasteiger partial charge in [-0.15, -0.1) is 0 Å². The number of fused-ring (bicyclic) bond motifs is 2. The molecule has 3 aliphatic rings. The van der Waals surface area contributed by atoms with Gasteiger partial charge < -0.3 is 15.3 Å². The average Bonchev–Trinajstić information content (AvgIpc) is 3.74. The lowest BCUT2D eigenvalue weighted by molar-refractivity contribution is 0.0696. The Morgan fingerprint density at radius 1 is 0.971 bits per heavy atom. The molecule has 0 aromatic heterocycles. The van der Waals surface area contributed by atoms with E-state index in [9.17, 15) is 14.7 Å². The smallest absolute Gasteiger partial charge is 0.335 e. The summed E-state index contributed by atoms with van der Waals surface area (Å²) in [7, 11) is 0. The number of aromatic carboxylic acids is 1. The highest BCUT2D eigenvalue weighted by Crippen LogP contribution is 2.57. The van der Waals surface area contributed by atoms with Crippen molar-refractivity contribution in [1.29, 1.82) is 0 Å². The van der Waals surface area contributed by atoms with Crippen molar-refractivity contribution in [3.05, 3.63) is 99.6 Å². The third-order valence-corrected chi connectivity index (χ3v) is 7.80. The van der Waals surface area contributed by atoms with Gasteiger partial charge in [-0.1, -0.05) is 48.0 Å². The number of anilines is 1. The average molecular weight is 473 g/mol. The first-order chi connectivity index (χ1) is 16.4. The van der Waals surface area contributed by atoms with Crippen LogP contribution in [0.4, 0.5) is 5.69 Å². The second kappa shape index (κ2) is 7.60. The van der Waals surface area contributed by atoms with Crippen molar-refractivity contribution in [2.75, 3.05) is 11.4 Å². The van der Waals surface area contributed by atoms with Crippen LogP contribution in [0.15, 0.2) is 66.7 Å². The summed E-state index contributed by atoms with van der Waals surface area (Å²) in [5.74, 6) is -1.03. The van der Waals surface area contributed by atoms with E-state index in [0.717, 1.165) is 49.0 Å². The standard InChI is InChI=1S/C28H25ClN2O3/c29-21-4-1-3-18(15-21)16-31-17-27(11-12-27)23-6-2-5-22(24(23)31)25(32)30-28(13-14-28)20-9-7-19(8-10-20)26(33)34/h1-10,15H,11-14,16-17H2,(H,30,32)(H,33,34). The van der Waals surface area contributed by atoms with E-state index < -0.39 is 11.5 Å². The SMILES string of the molecule is O=C(O)c1ccc(C2(NC(=O)c3cccc4c3N(Cc3cccc(Cl)c3)CC43CC3)CC2)cc1. The van der Waals surface area contributed by atoms with E-state index in [0.29, 0.717) is 17.1 Å². The van der Waals surface area contributed by atoms with Crippen molar-refractivity contribution >= 4 is 29.2 Å². The molecule has 3 aromatic rings. The lowest BCUT2D eigenvalue weighted by atomic mass is 9.96. The van der Waals surface area contributed by atoms with Gasteiger partial charge in [-0.2, -0.15) is 0 Å². The van der Waals surface area contributed by atoms with Gasteiger partial charge in [0.2, 0.25) is 0 Å². The van der Waals surface area contributed by atoms with Crippen LogP contribution in [0.2, 0.25) is 5.02 Å². The maximum atomic E-state index is 13.6. The molecule has 0 radical (unpaired) electrons. The molecule has 34 heavy (non-hydrogen) atoms. The predicted octanol–water partition coefficient (Wildman–Crippen LogP) is 5.51. The Hall–Kier alpha value is -3.31. The summed E-state index contributed by atoms with van der Waals surface area (Å²) in [6.45, 7) is 1.63. The van der Waals surface area contributed by atoms with Crippen LogP contribution in [-0.2, 0) is 17.5 Å². The molecular formula is C28H25ClN2O3. The Labute approximate surface area is 203 Å². The van der Waals surface area contributed by atoms with Crippen LogP contribution < -0.4 is 10.2 Å². The van der Waals surface area contributed by atoms with Gasteiger partial charge in [0.1, 0.15) is 0 Å². The van der Waals surface area contributed by atoms with Crippen molar-refractivity contribution in [3.8, 4) is 0 Å². The molecule has 0 unspecified atom stereocenters. The molecule has 1 spiro atoms. The summed E-state index contributed by atoms with van der Waals surface area (Å²) in [4.78, 5) is 27.2. The first-order valence-corrected chi connectivity index (χ1v) is 12.1. The van der Waals surface area contributed by atoms with Gasteiger partial charge in [0.05, 0.1) is 22.4 Å². The summed E-state index contributed by atoms with van der Waals surface area (Å²) in [5.41, 5.74) is 5.08. The van der Waals surface area contributed by atoms with Crippen LogP contribution in [-0.4, -0.2) is 23.5 Å². The molecule has 5 nitrogen and oxygen atoms in total. The van der Waals surface area contributed by atoms with Gasteiger partial charge in [-0.25, -0.2) is 4.79 Å². The van der Waals surface area contributed by atoms with Gasteiger partial charge in [0, 0.05) is 23.5 Å². The summed E-state index contributed by atoms with van der Waals surface area (Å²) in [5, 5.41) is 13.2. The number of hydrogen-bond donors (Lipinski definition) is 2. The number of nitrogens with zero attached hydrogens (tertiary/aromatic N) is 1. The highest BCUT2D eigenvalue weighted by molar-refractivity contribution is 6.30. The molecule has 6 heteroatoms. The van der Waals surface area contributed by atoms with E-state index in [1.807, 2.05) is 42.5 Å². The second-order valence-corrected chi connectivity index (χ2v) is 10.3. The lowest BCUT2D eigenvalue weighted by Crippen LogP contribution is -2.36. The number of para-hydroxylation sites is 1. The van der Waals surface area contributed by atoms with E-state index in [-0.39, 0.29) is 16.9 Å². The molecule has 0 saturated heterocycles. The minimum Gasteiger partial charge on any atom is -0.478 e. The topological polar surface area (TPSA) is 69.6 Å². The molecule has 0 atom stereocenters. The molecule has 0 bridgehead atoms. The molecule has 3 aromatic carbocycles. The maximum absolute atomic E-state index is 13.6. The minimum atomic E-state index is -0.950. The fourth-order valence-corrected chi connectivity index (χ4v) is 5.63. The quantitative estimate of drug-likeness (QED) is 0.496. The van der Waals surface area contributed by atoms with Crippen molar-refractivity contribution in [3.63, 3.8) is 0 Å². The van der Waals surface area contributed by atoms with E-state index in [2.05, 4.69) is 22.3 Å². The van der Waals surface area contributed by atoms with Gasteiger partial charge >= 0.3 is 5.97 Å². The van der Waals surface area contributed by atoms with E-state index in [4.69, 9.17) is 11.6 Å². The van der Waals surface area contributed by atoms with Crippen LogP contribution in [0.1, 0.15) is 63.1 Å². The third kappa shape index (κ3) is 3.55. The zero-order chi connectivity index (χ0) is 23.5. The monoisotopic (exact) mass is 472 g/mol. The van der Waals surface area contributed by atoms with Crippen LogP contribution >= 0.6 is 11.6 Å².